The number of carbonyl (C=O) groups excluding carboxylic acids is 1. The van der Waals surface area contributed by atoms with E-state index < -0.39 is 12.2 Å². The second-order valence-corrected chi connectivity index (χ2v) is 5.30. The van der Waals surface area contributed by atoms with Crippen LogP contribution < -0.4 is 0 Å². The molecule has 4 heteroatoms. The van der Waals surface area contributed by atoms with E-state index in [1.54, 1.807) is 4.90 Å². The normalized spacial score (nSPS) is 19.6. The summed E-state index contributed by atoms with van der Waals surface area (Å²) in [6.45, 7) is 3.71. The van der Waals surface area contributed by atoms with Gasteiger partial charge >= 0.3 is 0 Å². The Kier molecular flexibility index (Phi) is 7.75. The van der Waals surface area contributed by atoms with Crippen LogP contribution in [0, 0.1) is 0 Å². The Hall–Kier alpha value is -0.870. The molecule has 0 bridgehead atoms. The van der Waals surface area contributed by atoms with Crippen molar-refractivity contribution in [1.82, 2.24) is 4.90 Å². The van der Waals surface area contributed by atoms with E-state index in [0.717, 1.165) is 45.2 Å². The third kappa shape index (κ3) is 6.21. The van der Waals surface area contributed by atoms with Crippen molar-refractivity contribution < 1.29 is 15.0 Å². The SMILES string of the molecule is CCCCC[C@H](O)[C@@H](O)/C=C/C(=O)N1CCCCC1. The molecule has 1 aliphatic rings. The van der Waals surface area contributed by atoms with Gasteiger partial charge in [0, 0.05) is 19.2 Å². The van der Waals surface area contributed by atoms with E-state index >= 15 is 0 Å². The predicted molar refractivity (Wildman–Crippen MR) is 75.7 cm³/mol. The van der Waals surface area contributed by atoms with Crippen LogP contribution in [0.5, 0.6) is 0 Å². The maximum absolute atomic E-state index is 11.8. The van der Waals surface area contributed by atoms with Crippen LogP contribution in [0.25, 0.3) is 0 Å². The van der Waals surface area contributed by atoms with Gasteiger partial charge in [0.15, 0.2) is 0 Å². The Morgan fingerprint density at radius 1 is 1.21 bits per heavy atom. The van der Waals surface area contributed by atoms with Gasteiger partial charge in [0.05, 0.1) is 12.2 Å². The molecule has 0 aliphatic carbocycles. The van der Waals surface area contributed by atoms with Gasteiger partial charge in [-0.15, -0.1) is 0 Å². The van der Waals surface area contributed by atoms with Crippen LogP contribution in [0.2, 0.25) is 0 Å². The maximum atomic E-state index is 11.8. The molecule has 4 nitrogen and oxygen atoms in total. The molecule has 2 atom stereocenters. The summed E-state index contributed by atoms with van der Waals surface area (Å²) in [6, 6.07) is 0. The number of rotatable bonds is 7. The fraction of sp³-hybridized carbons (Fsp3) is 0.800. The van der Waals surface area contributed by atoms with E-state index in [0.29, 0.717) is 6.42 Å². The third-order valence-electron chi connectivity index (χ3n) is 3.60. The summed E-state index contributed by atoms with van der Waals surface area (Å²) in [5.74, 6) is -0.0560. The lowest BCUT2D eigenvalue weighted by atomic mass is 10.1. The number of aliphatic hydroxyl groups is 2. The first-order valence-electron chi connectivity index (χ1n) is 7.48. The number of piperidine rings is 1. The highest BCUT2D eigenvalue weighted by Gasteiger charge is 2.16. The second kappa shape index (κ2) is 9.10. The molecule has 1 fully saturated rings. The summed E-state index contributed by atoms with van der Waals surface area (Å²) >= 11 is 0. The Morgan fingerprint density at radius 3 is 2.53 bits per heavy atom. The third-order valence-corrected chi connectivity index (χ3v) is 3.60. The molecule has 1 heterocycles. The number of amides is 1. The summed E-state index contributed by atoms with van der Waals surface area (Å²) in [4.78, 5) is 13.6. The van der Waals surface area contributed by atoms with Crippen LogP contribution in [0.15, 0.2) is 12.2 Å². The predicted octanol–water partition coefficient (Wildman–Crippen LogP) is 1.86. The molecule has 110 valence electrons. The van der Waals surface area contributed by atoms with Gasteiger partial charge in [-0.1, -0.05) is 26.2 Å². The summed E-state index contributed by atoms with van der Waals surface area (Å²) in [7, 11) is 0. The molecule has 0 aromatic rings. The number of nitrogens with zero attached hydrogens (tertiary/aromatic N) is 1. The molecule has 1 saturated heterocycles. The minimum Gasteiger partial charge on any atom is -0.390 e. The van der Waals surface area contributed by atoms with Crippen LogP contribution in [0.1, 0.15) is 51.9 Å². The van der Waals surface area contributed by atoms with Gasteiger partial charge in [0.2, 0.25) is 5.91 Å². The number of unbranched alkanes of at least 4 members (excludes halogenated alkanes) is 2. The molecular weight excluding hydrogens is 242 g/mol. The van der Waals surface area contributed by atoms with Crippen molar-refractivity contribution >= 4 is 5.91 Å². The van der Waals surface area contributed by atoms with E-state index in [9.17, 15) is 15.0 Å². The summed E-state index contributed by atoms with van der Waals surface area (Å²) in [6.07, 6.45) is 8.05. The van der Waals surface area contributed by atoms with Crippen molar-refractivity contribution in [2.24, 2.45) is 0 Å². The molecule has 1 rings (SSSR count). The number of aliphatic hydroxyl groups excluding tert-OH is 2. The zero-order chi connectivity index (χ0) is 14.1. The quantitative estimate of drug-likeness (QED) is 0.548. The van der Waals surface area contributed by atoms with E-state index in [-0.39, 0.29) is 5.91 Å². The molecular formula is C15H27NO3. The molecule has 1 aliphatic heterocycles. The highest BCUT2D eigenvalue weighted by atomic mass is 16.3. The molecule has 19 heavy (non-hydrogen) atoms. The first kappa shape index (κ1) is 16.2. The number of hydrogen-bond donors (Lipinski definition) is 2. The lowest BCUT2D eigenvalue weighted by molar-refractivity contribution is -0.126. The molecule has 0 aromatic heterocycles. The minimum atomic E-state index is -0.939. The molecule has 0 unspecified atom stereocenters. The van der Waals surface area contributed by atoms with Gasteiger partial charge in [-0.05, 0) is 31.8 Å². The Morgan fingerprint density at radius 2 is 1.89 bits per heavy atom. The maximum Gasteiger partial charge on any atom is 0.246 e. The first-order valence-corrected chi connectivity index (χ1v) is 7.48. The number of carbonyl (C=O) groups is 1. The van der Waals surface area contributed by atoms with Crippen molar-refractivity contribution in [2.45, 2.75) is 64.1 Å². The summed E-state index contributed by atoms with van der Waals surface area (Å²) in [5, 5.41) is 19.5. The van der Waals surface area contributed by atoms with E-state index in [4.69, 9.17) is 0 Å². The Balaban J connectivity index is 2.30. The molecule has 0 radical (unpaired) electrons. The van der Waals surface area contributed by atoms with Gasteiger partial charge < -0.3 is 15.1 Å². The topological polar surface area (TPSA) is 60.8 Å². The zero-order valence-electron chi connectivity index (χ0n) is 11.9. The van der Waals surface area contributed by atoms with Crippen LogP contribution in [-0.2, 0) is 4.79 Å². The van der Waals surface area contributed by atoms with Gasteiger partial charge in [-0.3, -0.25) is 4.79 Å². The van der Waals surface area contributed by atoms with E-state index in [1.807, 2.05) is 0 Å². The smallest absolute Gasteiger partial charge is 0.246 e. The summed E-state index contributed by atoms with van der Waals surface area (Å²) in [5.41, 5.74) is 0. The monoisotopic (exact) mass is 269 g/mol. The zero-order valence-corrected chi connectivity index (χ0v) is 11.9. The van der Waals surface area contributed by atoms with Crippen LogP contribution in [0.4, 0.5) is 0 Å². The average molecular weight is 269 g/mol. The van der Waals surface area contributed by atoms with Crippen molar-refractivity contribution in [2.75, 3.05) is 13.1 Å². The molecule has 2 N–H and O–H groups in total. The fourth-order valence-corrected chi connectivity index (χ4v) is 2.30. The fourth-order valence-electron chi connectivity index (χ4n) is 2.30. The van der Waals surface area contributed by atoms with E-state index in [1.165, 1.54) is 18.6 Å². The molecule has 1 amide bonds. The number of likely N-dealkylation sites (tertiary alicyclic amines) is 1. The van der Waals surface area contributed by atoms with Crippen LogP contribution in [0.3, 0.4) is 0 Å². The lowest BCUT2D eigenvalue weighted by Crippen LogP contribution is -2.34. The van der Waals surface area contributed by atoms with E-state index in [2.05, 4.69) is 6.92 Å². The number of hydrogen-bond acceptors (Lipinski definition) is 3. The highest BCUT2D eigenvalue weighted by Crippen LogP contribution is 2.10. The standard InChI is InChI=1S/C15H27NO3/c1-2-3-5-8-13(17)14(18)9-10-15(19)16-11-6-4-7-12-16/h9-10,13-14,17-18H,2-8,11-12H2,1H3/b10-9+/t13-,14-/m0/s1. The largest absolute Gasteiger partial charge is 0.390 e. The molecule has 0 spiro atoms. The van der Waals surface area contributed by atoms with Gasteiger partial charge in [-0.25, -0.2) is 0 Å². The summed E-state index contributed by atoms with van der Waals surface area (Å²) < 4.78 is 0. The first-order chi connectivity index (χ1) is 9.15. The van der Waals surface area contributed by atoms with Gasteiger partial charge in [0.25, 0.3) is 0 Å². The van der Waals surface area contributed by atoms with Crippen molar-refractivity contribution in [3.63, 3.8) is 0 Å². The van der Waals surface area contributed by atoms with Gasteiger partial charge in [-0.2, -0.15) is 0 Å². The lowest BCUT2D eigenvalue weighted by Gasteiger charge is -2.25. The highest BCUT2D eigenvalue weighted by molar-refractivity contribution is 5.87. The Labute approximate surface area is 116 Å². The van der Waals surface area contributed by atoms with Crippen molar-refractivity contribution in [1.29, 1.82) is 0 Å². The van der Waals surface area contributed by atoms with Crippen molar-refractivity contribution in [3.05, 3.63) is 12.2 Å². The van der Waals surface area contributed by atoms with Crippen LogP contribution >= 0.6 is 0 Å². The minimum absolute atomic E-state index is 0.0560. The molecule has 0 aromatic carbocycles. The average Bonchev–Trinajstić information content (AvgIpc) is 2.45. The Bertz CT molecular complexity index is 285. The van der Waals surface area contributed by atoms with Crippen LogP contribution in [-0.4, -0.2) is 46.3 Å². The second-order valence-electron chi connectivity index (χ2n) is 5.30. The van der Waals surface area contributed by atoms with Crippen molar-refractivity contribution in [3.8, 4) is 0 Å². The molecule has 0 saturated carbocycles. The van der Waals surface area contributed by atoms with Gasteiger partial charge in [0.1, 0.15) is 0 Å².